The fraction of sp³-hybridized carbons (Fsp3) is 0.227. The van der Waals surface area contributed by atoms with Gasteiger partial charge in [-0.25, -0.2) is 9.79 Å². The van der Waals surface area contributed by atoms with Gasteiger partial charge in [0.2, 0.25) is 0 Å². The Hall–Kier alpha value is -2.52. The number of benzene rings is 1. The van der Waals surface area contributed by atoms with Crippen LogP contribution in [0.25, 0.3) is 6.08 Å². The highest BCUT2D eigenvalue weighted by Crippen LogP contribution is 2.33. The van der Waals surface area contributed by atoms with Gasteiger partial charge < -0.3 is 9.47 Å². The van der Waals surface area contributed by atoms with E-state index in [9.17, 15) is 9.59 Å². The van der Waals surface area contributed by atoms with Crippen LogP contribution in [0, 0.1) is 0 Å². The maximum atomic E-state index is 13.4. The van der Waals surface area contributed by atoms with Crippen LogP contribution >= 0.6 is 34.3 Å². The SMILES string of the molecule is COCCOC(=O)C1=C(C)N=c2s/c(=C/c3ccc(Cl)cc3)c(=O)n2C1c1cccs1. The number of fused-ring (bicyclic) bond motifs is 1. The Labute approximate surface area is 191 Å². The highest BCUT2D eigenvalue weighted by Gasteiger charge is 2.33. The van der Waals surface area contributed by atoms with Gasteiger partial charge in [0.05, 0.1) is 22.4 Å². The number of ether oxygens (including phenoxy) is 2. The highest BCUT2D eigenvalue weighted by molar-refractivity contribution is 7.10. The van der Waals surface area contributed by atoms with Crippen LogP contribution in [-0.2, 0) is 14.3 Å². The zero-order valence-electron chi connectivity index (χ0n) is 16.8. The molecule has 2 aromatic heterocycles. The van der Waals surface area contributed by atoms with Gasteiger partial charge in [0.1, 0.15) is 12.6 Å². The van der Waals surface area contributed by atoms with Crippen LogP contribution in [-0.4, -0.2) is 30.9 Å². The van der Waals surface area contributed by atoms with Gasteiger partial charge in [0.25, 0.3) is 5.56 Å². The van der Waals surface area contributed by atoms with Crippen molar-refractivity contribution in [2.24, 2.45) is 4.99 Å². The number of allylic oxidation sites excluding steroid dienone is 1. The van der Waals surface area contributed by atoms with E-state index < -0.39 is 12.0 Å². The highest BCUT2D eigenvalue weighted by atomic mass is 35.5. The molecule has 0 radical (unpaired) electrons. The predicted molar refractivity (Wildman–Crippen MR) is 122 cm³/mol. The lowest BCUT2D eigenvalue weighted by molar-refractivity contribution is -0.140. The van der Waals surface area contributed by atoms with Gasteiger partial charge in [-0.15, -0.1) is 11.3 Å². The molecule has 1 aliphatic rings. The minimum atomic E-state index is -0.585. The molecule has 0 spiro atoms. The lowest BCUT2D eigenvalue weighted by atomic mass is 10.0. The van der Waals surface area contributed by atoms with E-state index in [1.807, 2.05) is 35.7 Å². The molecule has 1 aliphatic heterocycles. The Morgan fingerprint density at radius 1 is 1.26 bits per heavy atom. The van der Waals surface area contributed by atoms with Crippen LogP contribution in [0.5, 0.6) is 0 Å². The summed E-state index contributed by atoms with van der Waals surface area (Å²) in [6.07, 6.45) is 1.81. The molecule has 1 aromatic carbocycles. The molecule has 0 bridgehead atoms. The van der Waals surface area contributed by atoms with Gasteiger partial charge in [-0.05, 0) is 42.1 Å². The average molecular weight is 475 g/mol. The summed E-state index contributed by atoms with van der Waals surface area (Å²) in [5.74, 6) is -0.497. The number of carbonyl (C=O) groups excluding carboxylic acids is 1. The average Bonchev–Trinajstić information content (AvgIpc) is 3.38. The van der Waals surface area contributed by atoms with E-state index in [1.54, 1.807) is 30.7 Å². The molecule has 1 atom stereocenters. The summed E-state index contributed by atoms with van der Waals surface area (Å²) in [4.78, 5) is 32.3. The number of methoxy groups -OCH3 is 1. The summed E-state index contributed by atoms with van der Waals surface area (Å²) >= 11 is 8.74. The molecule has 0 saturated heterocycles. The predicted octanol–water partition coefficient (Wildman–Crippen LogP) is 3.14. The van der Waals surface area contributed by atoms with Crippen molar-refractivity contribution in [3.05, 3.63) is 88.2 Å². The molecule has 160 valence electrons. The second-order valence-corrected chi connectivity index (χ2v) is 9.20. The van der Waals surface area contributed by atoms with E-state index in [0.717, 1.165) is 10.4 Å². The van der Waals surface area contributed by atoms with Crippen LogP contribution in [0.15, 0.2) is 62.8 Å². The van der Waals surface area contributed by atoms with Gasteiger partial charge >= 0.3 is 5.97 Å². The number of rotatable bonds is 6. The molecule has 3 heterocycles. The zero-order valence-corrected chi connectivity index (χ0v) is 19.2. The fourth-order valence-electron chi connectivity index (χ4n) is 3.30. The number of hydrogen-bond donors (Lipinski definition) is 0. The van der Waals surface area contributed by atoms with E-state index in [4.69, 9.17) is 21.1 Å². The summed E-state index contributed by atoms with van der Waals surface area (Å²) in [5, 5.41) is 2.55. The molecule has 31 heavy (non-hydrogen) atoms. The first-order chi connectivity index (χ1) is 15.0. The topological polar surface area (TPSA) is 69.9 Å². The molecule has 3 aromatic rings. The standard InChI is InChI=1S/C22H19ClN2O4S2/c1-13-18(21(27)29-10-9-28-2)19(16-4-3-11-30-16)25-20(26)17(31-22(25)24-13)12-14-5-7-15(23)8-6-14/h3-8,11-12,19H,9-10H2,1-2H3/b17-12+. The van der Waals surface area contributed by atoms with Crippen molar-refractivity contribution in [3.8, 4) is 0 Å². The first-order valence-corrected chi connectivity index (χ1v) is 11.5. The number of thiophene rings is 1. The van der Waals surface area contributed by atoms with Gasteiger partial charge in [-0.2, -0.15) is 0 Å². The maximum Gasteiger partial charge on any atom is 0.338 e. The number of esters is 1. The summed E-state index contributed by atoms with van der Waals surface area (Å²) in [6.45, 7) is 2.19. The van der Waals surface area contributed by atoms with Crippen LogP contribution < -0.4 is 14.9 Å². The normalized spacial score (nSPS) is 16.2. The molecular weight excluding hydrogens is 456 g/mol. The number of carbonyl (C=O) groups is 1. The van der Waals surface area contributed by atoms with Crippen LogP contribution in [0.1, 0.15) is 23.4 Å². The van der Waals surface area contributed by atoms with Crippen LogP contribution in [0.3, 0.4) is 0 Å². The lowest BCUT2D eigenvalue weighted by Crippen LogP contribution is -2.39. The molecule has 1 unspecified atom stereocenters. The smallest absolute Gasteiger partial charge is 0.338 e. The first-order valence-electron chi connectivity index (χ1n) is 9.47. The number of nitrogens with zero attached hydrogens (tertiary/aromatic N) is 2. The van der Waals surface area contributed by atoms with Crippen molar-refractivity contribution in [2.75, 3.05) is 20.3 Å². The third-order valence-electron chi connectivity index (χ3n) is 4.74. The van der Waals surface area contributed by atoms with E-state index in [2.05, 4.69) is 4.99 Å². The van der Waals surface area contributed by atoms with Crippen molar-refractivity contribution >= 4 is 46.3 Å². The quantitative estimate of drug-likeness (QED) is 0.406. The van der Waals surface area contributed by atoms with Gasteiger partial charge in [-0.3, -0.25) is 9.36 Å². The van der Waals surface area contributed by atoms with Crippen molar-refractivity contribution in [1.29, 1.82) is 0 Å². The molecular formula is C22H19ClN2O4S2. The lowest BCUT2D eigenvalue weighted by Gasteiger charge is -2.23. The van der Waals surface area contributed by atoms with Gasteiger partial charge in [0, 0.05) is 17.0 Å². The molecule has 0 aliphatic carbocycles. The first kappa shape index (κ1) is 21.7. The Morgan fingerprint density at radius 3 is 2.71 bits per heavy atom. The fourth-order valence-corrected chi connectivity index (χ4v) is 5.30. The molecule has 0 N–H and O–H groups in total. The summed E-state index contributed by atoms with van der Waals surface area (Å²) in [6, 6.07) is 10.5. The number of thiazole rings is 1. The van der Waals surface area contributed by atoms with Crippen molar-refractivity contribution in [3.63, 3.8) is 0 Å². The molecule has 0 amide bonds. The Morgan fingerprint density at radius 2 is 2.03 bits per heavy atom. The minimum Gasteiger partial charge on any atom is -0.460 e. The van der Waals surface area contributed by atoms with Gasteiger partial charge in [-0.1, -0.05) is 41.1 Å². The van der Waals surface area contributed by atoms with Gasteiger partial charge in [0.15, 0.2) is 4.80 Å². The summed E-state index contributed by atoms with van der Waals surface area (Å²) < 4.78 is 12.5. The largest absolute Gasteiger partial charge is 0.460 e. The third kappa shape index (κ3) is 4.43. The molecule has 0 saturated carbocycles. The maximum absolute atomic E-state index is 13.4. The number of halogens is 1. The summed E-state index contributed by atoms with van der Waals surface area (Å²) in [7, 11) is 1.54. The molecule has 4 rings (SSSR count). The number of aromatic nitrogens is 1. The van der Waals surface area contributed by atoms with E-state index >= 15 is 0 Å². The Kier molecular flexibility index (Phi) is 6.52. The monoisotopic (exact) mass is 474 g/mol. The molecule has 9 heteroatoms. The van der Waals surface area contributed by atoms with Crippen molar-refractivity contribution < 1.29 is 14.3 Å². The second kappa shape index (κ2) is 9.32. The van der Waals surface area contributed by atoms with Crippen LogP contribution in [0.2, 0.25) is 5.02 Å². The zero-order chi connectivity index (χ0) is 22.0. The third-order valence-corrected chi connectivity index (χ3v) is 6.90. The van der Waals surface area contributed by atoms with Crippen molar-refractivity contribution in [1.82, 2.24) is 4.57 Å². The minimum absolute atomic E-state index is 0.129. The van der Waals surface area contributed by atoms with E-state index in [-0.39, 0.29) is 12.2 Å². The van der Waals surface area contributed by atoms with E-state index in [1.165, 1.54) is 22.7 Å². The number of hydrogen-bond acceptors (Lipinski definition) is 7. The Balaban J connectivity index is 1.84. The molecule has 6 nitrogen and oxygen atoms in total. The van der Waals surface area contributed by atoms with Crippen molar-refractivity contribution in [2.45, 2.75) is 13.0 Å². The Bertz CT molecular complexity index is 1300. The summed E-state index contributed by atoms with van der Waals surface area (Å²) in [5.41, 5.74) is 1.56. The van der Waals surface area contributed by atoms with E-state index in [0.29, 0.717) is 32.2 Å². The molecule has 0 fully saturated rings. The van der Waals surface area contributed by atoms with Crippen LogP contribution in [0.4, 0.5) is 0 Å². The second-order valence-electron chi connectivity index (χ2n) is 6.78.